The fourth-order valence-electron chi connectivity index (χ4n) is 3.86. The lowest BCUT2D eigenvalue weighted by atomic mass is 10.2. The van der Waals surface area contributed by atoms with Crippen molar-refractivity contribution in [1.29, 1.82) is 0 Å². The molecule has 2 aromatic heterocycles. The maximum Gasteiger partial charge on any atom is 0.160 e. The van der Waals surface area contributed by atoms with Crippen LogP contribution in [0.15, 0.2) is 34.7 Å². The van der Waals surface area contributed by atoms with Crippen molar-refractivity contribution in [2.75, 3.05) is 38.2 Å². The number of hydrogen-bond acceptors (Lipinski definition) is 6. The Kier molecular flexibility index (Phi) is 6.27. The lowest BCUT2D eigenvalue weighted by molar-refractivity contribution is -0.116. The van der Waals surface area contributed by atoms with Crippen molar-refractivity contribution in [2.24, 2.45) is 0 Å². The molecule has 1 fully saturated rings. The van der Waals surface area contributed by atoms with Gasteiger partial charge in [-0.2, -0.15) is 5.10 Å². The summed E-state index contributed by atoms with van der Waals surface area (Å²) in [6.45, 7) is 6.63. The average molecular weight is 463 g/mol. The second-order valence-corrected chi connectivity index (χ2v) is 8.28. The molecule has 1 aliphatic heterocycles. The van der Waals surface area contributed by atoms with Crippen LogP contribution in [0.1, 0.15) is 17.6 Å². The summed E-state index contributed by atoms with van der Waals surface area (Å²) in [6.07, 6.45) is 0.373. The molecule has 3 heterocycles. The molecule has 0 saturated carbocycles. The number of aryl methyl sites for hydroxylation is 1. The summed E-state index contributed by atoms with van der Waals surface area (Å²) in [4.78, 5) is 16.4. The maximum absolute atomic E-state index is 12.1. The highest BCUT2D eigenvalue weighted by atomic mass is 35.5. The van der Waals surface area contributed by atoms with E-state index in [2.05, 4.69) is 14.9 Å². The first-order valence-corrected chi connectivity index (χ1v) is 10.8. The van der Waals surface area contributed by atoms with Crippen LogP contribution in [0.4, 0.5) is 5.69 Å². The number of aldehydes is 1. The molecule has 0 radical (unpaired) electrons. The predicted octanol–water partition coefficient (Wildman–Crippen LogP) is 4.60. The minimum Gasteiger partial charge on any atom is -0.495 e. The number of rotatable bonds is 6. The van der Waals surface area contributed by atoms with E-state index in [-0.39, 0.29) is 0 Å². The minimum atomic E-state index is -0.538. The third-order valence-corrected chi connectivity index (χ3v) is 6.38. The minimum absolute atomic E-state index is 0.494. The van der Waals surface area contributed by atoms with Crippen molar-refractivity contribution in [3.63, 3.8) is 0 Å². The van der Waals surface area contributed by atoms with E-state index in [9.17, 15) is 4.79 Å². The van der Waals surface area contributed by atoms with Crippen molar-refractivity contribution in [2.45, 2.75) is 20.0 Å². The largest absolute Gasteiger partial charge is 0.495 e. The number of benzene rings is 1. The van der Waals surface area contributed by atoms with Crippen molar-refractivity contribution in [3.05, 3.63) is 51.8 Å². The van der Waals surface area contributed by atoms with Crippen LogP contribution in [0, 0.1) is 13.8 Å². The predicted molar refractivity (Wildman–Crippen MR) is 121 cm³/mol. The molecule has 1 atom stereocenters. The molecular formula is C22H24Cl2N4O3. The highest BCUT2D eigenvalue weighted by Gasteiger charge is 2.29. The first-order chi connectivity index (χ1) is 14.9. The molecule has 31 heavy (non-hydrogen) atoms. The molecule has 164 valence electrons. The van der Waals surface area contributed by atoms with Gasteiger partial charge in [0.2, 0.25) is 0 Å². The number of ether oxygens (including phenoxy) is 1. The standard InChI is InChI=1S/C22H24Cl2N4O3/c1-14-4-7-18(31-14)22-21(24)15(2)28(25-22)20(13-29)27-10-8-26(9-11-27)16-5-6-17(23)19(12-16)30-3/h4-7,12-13,20H,8-11H2,1-3H3. The zero-order valence-electron chi connectivity index (χ0n) is 17.6. The summed E-state index contributed by atoms with van der Waals surface area (Å²) in [5.74, 6) is 2.02. The van der Waals surface area contributed by atoms with E-state index in [0.29, 0.717) is 40.3 Å². The molecule has 0 spiro atoms. The van der Waals surface area contributed by atoms with E-state index in [1.807, 2.05) is 44.2 Å². The van der Waals surface area contributed by atoms with E-state index in [1.54, 1.807) is 11.8 Å². The summed E-state index contributed by atoms with van der Waals surface area (Å²) < 4.78 is 12.7. The normalized spacial score (nSPS) is 15.8. The molecule has 1 aromatic carbocycles. The highest BCUT2D eigenvalue weighted by molar-refractivity contribution is 6.33. The number of carbonyl (C=O) groups excluding carboxylic acids is 1. The van der Waals surface area contributed by atoms with E-state index in [4.69, 9.17) is 32.4 Å². The van der Waals surface area contributed by atoms with Crippen LogP contribution >= 0.6 is 23.2 Å². The molecule has 4 rings (SSSR count). The smallest absolute Gasteiger partial charge is 0.160 e. The lowest BCUT2D eigenvalue weighted by Crippen LogP contribution is -2.49. The molecular weight excluding hydrogens is 439 g/mol. The number of furan rings is 1. The van der Waals surface area contributed by atoms with Crippen molar-refractivity contribution in [1.82, 2.24) is 14.7 Å². The Morgan fingerprint density at radius 2 is 1.87 bits per heavy atom. The van der Waals surface area contributed by atoms with Crippen molar-refractivity contribution < 1.29 is 13.9 Å². The summed E-state index contributed by atoms with van der Waals surface area (Å²) in [5, 5.41) is 5.70. The van der Waals surface area contributed by atoms with Gasteiger partial charge in [-0.1, -0.05) is 23.2 Å². The molecule has 0 aliphatic carbocycles. The Labute approximate surface area is 191 Å². The molecule has 3 aromatic rings. The fourth-order valence-corrected chi connectivity index (χ4v) is 4.28. The number of methoxy groups -OCH3 is 1. The first-order valence-electron chi connectivity index (χ1n) is 10.0. The van der Waals surface area contributed by atoms with Crippen molar-refractivity contribution in [3.8, 4) is 17.2 Å². The topological polar surface area (TPSA) is 63.7 Å². The molecule has 9 heteroatoms. The van der Waals surface area contributed by atoms with Gasteiger partial charge in [-0.25, -0.2) is 4.68 Å². The zero-order valence-corrected chi connectivity index (χ0v) is 19.2. The van der Waals surface area contributed by atoms with Gasteiger partial charge in [0.05, 0.1) is 22.8 Å². The monoisotopic (exact) mass is 462 g/mol. The zero-order chi connectivity index (χ0) is 22.1. The van der Waals surface area contributed by atoms with Gasteiger partial charge in [0.25, 0.3) is 0 Å². The van der Waals surface area contributed by atoms with Gasteiger partial charge in [-0.3, -0.25) is 9.69 Å². The van der Waals surface area contributed by atoms with Crippen LogP contribution in [0.5, 0.6) is 5.75 Å². The number of halogens is 2. The number of aromatic nitrogens is 2. The van der Waals surface area contributed by atoms with Gasteiger partial charge in [0.15, 0.2) is 18.2 Å². The van der Waals surface area contributed by atoms with Crippen LogP contribution in [0.25, 0.3) is 11.5 Å². The summed E-state index contributed by atoms with van der Waals surface area (Å²) in [5.41, 5.74) is 2.32. The Balaban J connectivity index is 1.52. The SMILES string of the molecule is COc1cc(N2CCN(C(C=O)n3nc(-c4ccc(C)o4)c(Cl)c3C)CC2)ccc1Cl. The number of piperazine rings is 1. The molecule has 1 saturated heterocycles. The number of anilines is 1. The highest BCUT2D eigenvalue weighted by Crippen LogP contribution is 2.33. The summed E-state index contributed by atoms with van der Waals surface area (Å²) >= 11 is 12.7. The molecule has 7 nitrogen and oxygen atoms in total. The fraction of sp³-hybridized carbons (Fsp3) is 0.364. The van der Waals surface area contributed by atoms with Gasteiger partial charge >= 0.3 is 0 Å². The second kappa shape index (κ2) is 8.94. The second-order valence-electron chi connectivity index (χ2n) is 7.49. The maximum atomic E-state index is 12.1. The quantitative estimate of drug-likeness (QED) is 0.498. The summed E-state index contributed by atoms with van der Waals surface area (Å²) in [6, 6.07) is 9.45. The molecule has 0 bridgehead atoms. The van der Waals surface area contributed by atoms with E-state index in [1.165, 1.54) is 0 Å². The van der Waals surface area contributed by atoms with Crippen LogP contribution in [0.2, 0.25) is 10.0 Å². The van der Waals surface area contributed by atoms with E-state index in [0.717, 1.165) is 36.5 Å². The van der Waals surface area contributed by atoms with Gasteiger partial charge in [0.1, 0.15) is 17.2 Å². The van der Waals surface area contributed by atoms with Crippen LogP contribution in [-0.2, 0) is 4.79 Å². The van der Waals surface area contributed by atoms with Gasteiger partial charge in [0, 0.05) is 37.9 Å². The van der Waals surface area contributed by atoms with E-state index < -0.39 is 6.17 Å². The van der Waals surface area contributed by atoms with Gasteiger partial charge < -0.3 is 14.1 Å². The number of carbonyl (C=O) groups is 1. The molecule has 1 aliphatic rings. The van der Waals surface area contributed by atoms with Crippen LogP contribution in [-0.4, -0.2) is 54.3 Å². The lowest BCUT2D eigenvalue weighted by Gasteiger charge is -2.38. The van der Waals surface area contributed by atoms with Gasteiger partial charge in [-0.15, -0.1) is 0 Å². The Hall–Kier alpha value is -2.48. The van der Waals surface area contributed by atoms with Crippen LogP contribution in [0.3, 0.4) is 0 Å². The Morgan fingerprint density at radius 1 is 1.13 bits per heavy atom. The first kappa shape index (κ1) is 21.7. The van der Waals surface area contributed by atoms with E-state index >= 15 is 0 Å². The number of hydrogen-bond donors (Lipinski definition) is 0. The summed E-state index contributed by atoms with van der Waals surface area (Å²) in [7, 11) is 1.60. The van der Waals surface area contributed by atoms with Crippen molar-refractivity contribution >= 4 is 35.2 Å². The average Bonchev–Trinajstić information content (AvgIpc) is 3.33. The number of nitrogens with zero attached hydrogens (tertiary/aromatic N) is 4. The molecule has 1 unspecified atom stereocenters. The van der Waals surface area contributed by atoms with Crippen LogP contribution < -0.4 is 9.64 Å². The third kappa shape index (κ3) is 4.18. The Bertz CT molecular complexity index is 1090. The third-order valence-electron chi connectivity index (χ3n) is 5.61. The Morgan fingerprint density at radius 3 is 2.48 bits per heavy atom. The molecule has 0 N–H and O–H groups in total. The molecule has 0 amide bonds. The van der Waals surface area contributed by atoms with Gasteiger partial charge in [-0.05, 0) is 38.1 Å².